The smallest absolute Gasteiger partial charge is 0.0586 e. The van der Waals surface area contributed by atoms with Gasteiger partial charge in [0.15, 0.2) is 0 Å². The van der Waals surface area contributed by atoms with Crippen molar-refractivity contribution in [2.24, 2.45) is 0 Å². The molecule has 0 saturated carbocycles. The molecule has 1 aliphatic heterocycles. The fraction of sp³-hybridized carbons (Fsp3) is 0.647. The van der Waals surface area contributed by atoms with Crippen LogP contribution in [0, 0.1) is 0 Å². The molecule has 118 valence electrons. The van der Waals surface area contributed by atoms with Crippen LogP contribution in [0.2, 0.25) is 0 Å². The summed E-state index contributed by atoms with van der Waals surface area (Å²) in [5.74, 6) is 0. The average molecular weight is 355 g/mol. The first-order valence-corrected chi connectivity index (χ1v) is 8.87. The highest BCUT2D eigenvalue weighted by Crippen LogP contribution is 2.23. The molecule has 21 heavy (non-hydrogen) atoms. The Morgan fingerprint density at radius 1 is 1.43 bits per heavy atom. The Morgan fingerprint density at radius 2 is 2.29 bits per heavy atom. The Hall–Kier alpha value is -0.420. The highest BCUT2D eigenvalue weighted by atomic mass is 79.9. The lowest BCUT2D eigenvalue weighted by Gasteiger charge is -2.35. The van der Waals surface area contributed by atoms with Gasteiger partial charge in [-0.05, 0) is 50.0 Å². The number of hydrogen-bond donors (Lipinski definition) is 2. The number of piperidine rings is 1. The van der Waals surface area contributed by atoms with Gasteiger partial charge in [-0.15, -0.1) is 0 Å². The van der Waals surface area contributed by atoms with Crippen LogP contribution in [0.4, 0.5) is 0 Å². The second-order valence-corrected chi connectivity index (χ2v) is 6.74. The van der Waals surface area contributed by atoms with E-state index in [1.54, 1.807) is 0 Å². The summed E-state index contributed by atoms with van der Waals surface area (Å²) in [5.41, 5.74) is 1.34. The monoisotopic (exact) mass is 354 g/mol. The second kappa shape index (κ2) is 8.89. The number of rotatable bonds is 7. The van der Waals surface area contributed by atoms with E-state index in [9.17, 15) is 5.11 Å². The predicted molar refractivity (Wildman–Crippen MR) is 91.5 cm³/mol. The second-order valence-electron chi connectivity index (χ2n) is 5.82. The average Bonchev–Trinajstić information content (AvgIpc) is 2.51. The molecular weight excluding hydrogens is 328 g/mol. The fourth-order valence-corrected chi connectivity index (χ4v) is 3.63. The number of nitrogens with one attached hydrogen (secondary N) is 1. The van der Waals surface area contributed by atoms with Crippen molar-refractivity contribution in [3.63, 3.8) is 0 Å². The molecule has 0 aromatic heterocycles. The van der Waals surface area contributed by atoms with Gasteiger partial charge in [-0.1, -0.05) is 41.4 Å². The molecule has 0 radical (unpaired) electrons. The summed E-state index contributed by atoms with van der Waals surface area (Å²) in [6, 6.07) is 9.31. The normalized spacial score (nSPS) is 21.4. The van der Waals surface area contributed by atoms with Crippen LogP contribution in [0.3, 0.4) is 0 Å². The van der Waals surface area contributed by atoms with Crippen LogP contribution in [0.1, 0.15) is 44.2 Å². The van der Waals surface area contributed by atoms with Gasteiger partial charge in [-0.3, -0.25) is 4.90 Å². The lowest BCUT2D eigenvalue weighted by Crippen LogP contribution is -2.43. The third kappa shape index (κ3) is 5.06. The van der Waals surface area contributed by atoms with E-state index < -0.39 is 0 Å². The highest BCUT2D eigenvalue weighted by Gasteiger charge is 2.22. The van der Waals surface area contributed by atoms with Gasteiger partial charge < -0.3 is 10.4 Å². The zero-order valence-corrected chi connectivity index (χ0v) is 14.5. The van der Waals surface area contributed by atoms with Crippen LogP contribution in [-0.2, 0) is 0 Å². The quantitative estimate of drug-likeness (QED) is 0.788. The molecule has 2 N–H and O–H groups in total. The Bertz CT molecular complexity index is 427. The molecule has 3 nitrogen and oxygen atoms in total. The fourth-order valence-electron chi connectivity index (χ4n) is 3.21. The lowest BCUT2D eigenvalue weighted by atomic mass is 9.99. The molecule has 2 rings (SSSR count). The van der Waals surface area contributed by atoms with E-state index in [4.69, 9.17) is 0 Å². The van der Waals surface area contributed by atoms with E-state index >= 15 is 0 Å². The molecule has 2 unspecified atom stereocenters. The number of nitrogens with zero attached hydrogens (tertiary/aromatic N) is 1. The molecule has 0 aliphatic carbocycles. The van der Waals surface area contributed by atoms with Gasteiger partial charge in [0, 0.05) is 23.1 Å². The van der Waals surface area contributed by atoms with E-state index in [0.717, 1.165) is 36.9 Å². The third-order valence-corrected chi connectivity index (χ3v) is 4.86. The summed E-state index contributed by atoms with van der Waals surface area (Å²) in [7, 11) is 0. The molecule has 1 fully saturated rings. The van der Waals surface area contributed by atoms with Crippen molar-refractivity contribution >= 4 is 15.9 Å². The van der Waals surface area contributed by atoms with E-state index in [1.165, 1.54) is 18.4 Å². The number of halogens is 1. The molecule has 0 bridgehead atoms. The number of aliphatic hydroxyl groups is 1. The van der Waals surface area contributed by atoms with Crippen LogP contribution in [-0.4, -0.2) is 42.3 Å². The first-order chi connectivity index (χ1) is 10.2. The van der Waals surface area contributed by atoms with Gasteiger partial charge in [-0.25, -0.2) is 0 Å². The molecule has 1 aromatic rings. The molecule has 2 atom stereocenters. The molecule has 1 aliphatic rings. The number of likely N-dealkylation sites (tertiary alicyclic amines) is 1. The van der Waals surface area contributed by atoms with E-state index in [1.807, 2.05) is 0 Å². The number of hydrogen-bond acceptors (Lipinski definition) is 3. The first kappa shape index (κ1) is 16.9. The van der Waals surface area contributed by atoms with Gasteiger partial charge in [0.2, 0.25) is 0 Å². The van der Waals surface area contributed by atoms with Crippen LogP contribution in [0.25, 0.3) is 0 Å². The zero-order chi connectivity index (χ0) is 15.1. The van der Waals surface area contributed by atoms with Gasteiger partial charge in [0.05, 0.1) is 6.61 Å². The van der Waals surface area contributed by atoms with E-state index in [-0.39, 0.29) is 0 Å². The number of aliphatic hydroxyl groups excluding tert-OH is 1. The molecule has 4 heteroatoms. The maximum Gasteiger partial charge on any atom is 0.0586 e. The molecule has 0 amide bonds. The molecule has 1 heterocycles. The summed E-state index contributed by atoms with van der Waals surface area (Å²) < 4.78 is 1.13. The minimum atomic E-state index is 0.294. The van der Waals surface area contributed by atoms with Crippen molar-refractivity contribution in [1.29, 1.82) is 0 Å². The number of benzene rings is 1. The lowest BCUT2D eigenvalue weighted by molar-refractivity contribution is 0.0865. The van der Waals surface area contributed by atoms with E-state index in [0.29, 0.717) is 18.7 Å². The standard InChI is InChI=1S/C17H27BrN2O/c1-2-19-17(14-6-5-7-15(18)12-14)9-11-20-10-4-3-8-16(20)13-21/h5-7,12,16-17,19,21H,2-4,8-11,13H2,1H3. The van der Waals surface area contributed by atoms with Gasteiger partial charge >= 0.3 is 0 Å². The van der Waals surface area contributed by atoms with Gasteiger partial charge in [0.25, 0.3) is 0 Å². The Balaban J connectivity index is 1.96. The van der Waals surface area contributed by atoms with Crippen LogP contribution in [0.15, 0.2) is 28.7 Å². The van der Waals surface area contributed by atoms with Gasteiger partial charge in [-0.2, -0.15) is 0 Å². The van der Waals surface area contributed by atoms with Crippen molar-refractivity contribution in [2.45, 2.75) is 44.7 Å². The maximum atomic E-state index is 9.52. The molecule has 1 aromatic carbocycles. The summed E-state index contributed by atoms with van der Waals surface area (Å²) in [4.78, 5) is 2.46. The van der Waals surface area contributed by atoms with Crippen molar-refractivity contribution in [2.75, 3.05) is 26.2 Å². The Kier molecular flexibility index (Phi) is 7.17. The van der Waals surface area contributed by atoms with Crippen molar-refractivity contribution in [3.8, 4) is 0 Å². The van der Waals surface area contributed by atoms with Crippen molar-refractivity contribution < 1.29 is 5.11 Å². The van der Waals surface area contributed by atoms with Crippen LogP contribution in [0.5, 0.6) is 0 Å². The summed E-state index contributed by atoms with van der Waals surface area (Å²) in [6.45, 7) is 5.60. The van der Waals surface area contributed by atoms with Gasteiger partial charge in [0.1, 0.15) is 0 Å². The first-order valence-electron chi connectivity index (χ1n) is 8.08. The minimum Gasteiger partial charge on any atom is -0.395 e. The summed E-state index contributed by atoms with van der Waals surface area (Å²) in [6.07, 6.45) is 4.74. The van der Waals surface area contributed by atoms with Crippen molar-refractivity contribution in [1.82, 2.24) is 10.2 Å². The Morgan fingerprint density at radius 3 is 3.00 bits per heavy atom. The zero-order valence-electron chi connectivity index (χ0n) is 12.9. The van der Waals surface area contributed by atoms with Crippen molar-refractivity contribution in [3.05, 3.63) is 34.3 Å². The van der Waals surface area contributed by atoms with E-state index in [2.05, 4.69) is 57.3 Å². The molecular formula is C17H27BrN2O. The molecule has 0 spiro atoms. The largest absolute Gasteiger partial charge is 0.395 e. The SMILES string of the molecule is CCNC(CCN1CCCCC1CO)c1cccc(Br)c1. The minimum absolute atomic E-state index is 0.294. The third-order valence-electron chi connectivity index (χ3n) is 4.37. The predicted octanol–water partition coefficient (Wildman–Crippen LogP) is 3.34. The van der Waals surface area contributed by atoms with Crippen LogP contribution < -0.4 is 5.32 Å². The summed E-state index contributed by atoms with van der Waals surface area (Å²) >= 11 is 3.56. The van der Waals surface area contributed by atoms with Crippen LogP contribution >= 0.6 is 15.9 Å². The Labute approximate surface area is 136 Å². The topological polar surface area (TPSA) is 35.5 Å². The molecule has 1 saturated heterocycles. The summed E-state index contributed by atoms with van der Waals surface area (Å²) in [5, 5.41) is 13.1. The maximum absolute atomic E-state index is 9.52. The highest BCUT2D eigenvalue weighted by molar-refractivity contribution is 9.10.